The van der Waals surface area contributed by atoms with Gasteiger partial charge in [0, 0.05) is 31.5 Å². The Morgan fingerprint density at radius 2 is 2.29 bits per heavy atom. The van der Waals surface area contributed by atoms with Crippen molar-refractivity contribution in [2.24, 2.45) is 0 Å². The molecule has 0 aliphatic carbocycles. The van der Waals surface area contributed by atoms with Crippen molar-refractivity contribution in [2.45, 2.75) is 38.3 Å². The fraction of sp³-hybridized carbons (Fsp3) is 1.00. The lowest BCUT2D eigenvalue weighted by molar-refractivity contribution is 0.0626. The van der Waals surface area contributed by atoms with Gasteiger partial charge in [0.15, 0.2) is 0 Å². The molecule has 2 atom stereocenters. The summed E-state index contributed by atoms with van der Waals surface area (Å²) in [7, 11) is 0. The SMILES string of the molecule is CC1CCSCCN1CC1CCCO1. The Bertz CT molecular complexity index is 171. The van der Waals surface area contributed by atoms with Crippen LogP contribution in [0.4, 0.5) is 0 Å². The molecule has 0 aromatic rings. The quantitative estimate of drug-likeness (QED) is 0.699. The summed E-state index contributed by atoms with van der Waals surface area (Å²) in [6.45, 7) is 5.77. The van der Waals surface area contributed by atoms with Gasteiger partial charge in [-0.25, -0.2) is 0 Å². The number of hydrogen-bond donors (Lipinski definition) is 0. The van der Waals surface area contributed by atoms with Crippen molar-refractivity contribution in [2.75, 3.05) is 31.2 Å². The molecule has 3 heteroatoms. The molecular weight excluding hydrogens is 194 g/mol. The second-order valence-corrected chi connectivity index (χ2v) is 5.60. The van der Waals surface area contributed by atoms with E-state index in [0.29, 0.717) is 6.10 Å². The van der Waals surface area contributed by atoms with Crippen LogP contribution in [0, 0.1) is 0 Å². The average Bonchev–Trinajstić information content (AvgIpc) is 2.60. The van der Waals surface area contributed by atoms with E-state index in [4.69, 9.17) is 4.74 Å². The lowest BCUT2D eigenvalue weighted by atomic mass is 10.1. The molecule has 2 unspecified atom stereocenters. The van der Waals surface area contributed by atoms with Crippen LogP contribution in [-0.2, 0) is 4.74 Å². The molecule has 2 saturated heterocycles. The minimum Gasteiger partial charge on any atom is -0.377 e. The first-order valence-corrected chi connectivity index (χ1v) is 6.95. The molecule has 0 saturated carbocycles. The Morgan fingerprint density at radius 1 is 1.36 bits per heavy atom. The average molecular weight is 215 g/mol. The zero-order valence-corrected chi connectivity index (χ0v) is 9.89. The van der Waals surface area contributed by atoms with Gasteiger partial charge in [0.05, 0.1) is 6.10 Å². The van der Waals surface area contributed by atoms with Crippen LogP contribution < -0.4 is 0 Å². The molecule has 2 aliphatic heterocycles. The van der Waals surface area contributed by atoms with Crippen LogP contribution in [0.25, 0.3) is 0 Å². The molecule has 82 valence electrons. The highest BCUT2D eigenvalue weighted by molar-refractivity contribution is 7.99. The van der Waals surface area contributed by atoms with E-state index in [1.807, 2.05) is 0 Å². The van der Waals surface area contributed by atoms with Crippen LogP contribution in [0.15, 0.2) is 0 Å². The lowest BCUT2D eigenvalue weighted by Gasteiger charge is -2.28. The first kappa shape index (κ1) is 10.8. The molecule has 0 N–H and O–H groups in total. The van der Waals surface area contributed by atoms with E-state index >= 15 is 0 Å². The van der Waals surface area contributed by atoms with Gasteiger partial charge in [-0.1, -0.05) is 0 Å². The van der Waals surface area contributed by atoms with Gasteiger partial charge in [-0.3, -0.25) is 4.90 Å². The molecule has 0 aromatic carbocycles. The van der Waals surface area contributed by atoms with Crippen molar-refractivity contribution < 1.29 is 4.74 Å². The van der Waals surface area contributed by atoms with Gasteiger partial charge in [-0.05, 0) is 31.9 Å². The first-order valence-electron chi connectivity index (χ1n) is 5.79. The Labute approximate surface area is 91.4 Å². The highest BCUT2D eigenvalue weighted by atomic mass is 32.2. The third kappa shape index (κ3) is 2.88. The van der Waals surface area contributed by atoms with Gasteiger partial charge >= 0.3 is 0 Å². The van der Waals surface area contributed by atoms with Crippen LogP contribution in [0.1, 0.15) is 26.2 Å². The molecule has 0 bridgehead atoms. The van der Waals surface area contributed by atoms with E-state index in [2.05, 4.69) is 23.6 Å². The van der Waals surface area contributed by atoms with Crippen LogP contribution >= 0.6 is 11.8 Å². The minimum atomic E-state index is 0.528. The summed E-state index contributed by atoms with van der Waals surface area (Å²) in [5, 5.41) is 0. The Morgan fingerprint density at radius 3 is 3.07 bits per heavy atom. The van der Waals surface area contributed by atoms with E-state index in [9.17, 15) is 0 Å². The second-order valence-electron chi connectivity index (χ2n) is 4.38. The molecule has 2 fully saturated rings. The van der Waals surface area contributed by atoms with Gasteiger partial charge in [0.1, 0.15) is 0 Å². The number of nitrogens with zero attached hydrogens (tertiary/aromatic N) is 1. The van der Waals surface area contributed by atoms with Crippen molar-refractivity contribution in [3.05, 3.63) is 0 Å². The van der Waals surface area contributed by atoms with Crippen molar-refractivity contribution in [3.63, 3.8) is 0 Å². The Kier molecular flexibility index (Phi) is 4.14. The highest BCUT2D eigenvalue weighted by Crippen LogP contribution is 2.19. The predicted molar refractivity (Wildman–Crippen MR) is 62.0 cm³/mol. The largest absolute Gasteiger partial charge is 0.377 e. The maximum Gasteiger partial charge on any atom is 0.0702 e. The third-order valence-corrected chi connectivity index (χ3v) is 4.28. The zero-order valence-electron chi connectivity index (χ0n) is 9.08. The molecule has 2 nitrogen and oxygen atoms in total. The van der Waals surface area contributed by atoms with Crippen molar-refractivity contribution in [1.82, 2.24) is 4.90 Å². The van der Waals surface area contributed by atoms with Crippen LogP contribution in [0.2, 0.25) is 0 Å². The Hall–Kier alpha value is 0.270. The van der Waals surface area contributed by atoms with Gasteiger partial charge in [-0.15, -0.1) is 0 Å². The maximum absolute atomic E-state index is 5.70. The van der Waals surface area contributed by atoms with E-state index in [1.165, 1.54) is 43.9 Å². The molecule has 14 heavy (non-hydrogen) atoms. The molecule has 0 aromatic heterocycles. The number of ether oxygens (including phenoxy) is 1. The third-order valence-electron chi connectivity index (χ3n) is 3.29. The van der Waals surface area contributed by atoms with Gasteiger partial charge in [0.2, 0.25) is 0 Å². The van der Waals surface area contributed by atoms with Crippen LogP contribution in [-0.4, -0.2) is 48.2 Å². The molecule has 0 radical (unpaired) electrons. The van der Waals surface area contributed by atoms with Gasteiger partial charge < -0.3 is 4.74 Å². The standard InChI is InChI=1S/C11H21NOS/c1-10-4-7-14-8-5-12(10)9-11-3-2-6-13-11/h10-11H,2-9H2,1H3. The monoisotopic (exact) mass is 215 g/mol. The van der Waals surface area contributed by atoms with Gasteiger partial charge in [-0.2, -0.15) is 11.8 Å². The summed E-state index contributed by atoms with van der Waals surface area (Å²) in [4.78, 5) is 2.62. The number of hydrogen-bond acceptors (Lipinski definition) is 3. The fourth-order valence-corrected chi connectivity index (χ4v) is 3.34. The van der Waals surface area contributed by atoms with Gasteiger partial charge in [0.25, 0.3) is 0 Å². The van der Waals surface area contributed by atoms with Crippen molar-refractivity contribution in [1.29, 1.82) is 0 Å². The van der Waals surface area contributed by atoms with Crippen molar-refractivity contribution >= 4 is 11.8 Å². The summed E-state index contributed by atoms with van der Waals surface area (Å²) < 4.78 is 5.70. The maximum atomic E-state index is 5.70. The van der Waals surface area contributed by atoms with E-state index < -0.39 is 0 Å². The Balaban J connectivity index is 1.81. The fourth-order valence-electron chi connectivity index (χ4n) is 2.26. The molecule has 2 aliphatic rings. The summed E-state index contributed by atoms with van der Waals surface area (Å²) in [5.41, 5.74) is 0. The number of thioether (sulfide) groups is 1. The topological polar surface area (TPSA) is 12.5 Å². The smallest absolute Gasteiger partial charge is 0.0702 e. The van der Waals surface area contributed by atoms with Crippen molar-refractivity contribution in [3.8, 4) is 0 Å². The predicted octanol–water partition coefficient (Wildman–Crippen LogP) is 1.99. The summed E-state index contributed by atoms with van der Waals surface area (Å²) >= 11 is 2.10. The molecule has 2 rings (SSSR count). The normalized spacial score (nSPS) is 35.8. The second kappa shape index (κ2) is 5.38. The van der Waals surface area contributed by atoms with Crippen LogP contribution in [0.3, 0.4) is 0 Å². The van der Waals surface area contributed by atoms with E-state index in [0.717, 1.165) is 12.6 Å². The number of rotatable bonds is 2. The first-order chi connectivity index (χ1) is 6.86. The molecule has 2 heterocycles. The summed E-state index contributed by atoms with van der Waals surface area (Å²) in [6, 6.07) is 0.759. The molecule has 0 amide bonds. The summed E-state index contributed by atoms with van der Waals surface area (Å²) in [5.74, 6) is 2.64. The van der Waals surface area contributed by atoms with E-state index in [1.54, 1.807) is 0 Å². The minimum absolute atomic E-state index is 0.528. The van der Waals surface area contributed by atoms with E-state index in [-0.39, 0.29) is 0 Å². The molecule has 0 spiro atoms. The molecular formula is C11H21NOS. The van der Waals surface area contributed by atoms with Crippen LogP contribution in [0.5, 0.6) is 0 Å². The zero-order chi connectivity index (χ0) is 9.80. The highest BCUT2D eigenvalue weighted by Gasteiger charge is 2.23. The summed E-state index contributed by atoms with van der Waals surface area (Å²) in [6.07, 6.45) is 4.41. The lowest BCUT2D eigenvalue weighted by Crippen LogP contribution is -2.39.